The summed E-state index contributed by atoms with van der Waals surface area (Å²) >= 11 is 0. The third-order valence-corrected chi connectivity index (χ3v) is 4.65. The lowest BCUT2D eigenvalue weighted by Gasteiger charge is -2.47. The van der Waals surface area contributed by atoms with Gasteiger partial charge in [-0.25, -0.2) is 0 Å². The van der Waals surface area contributed by atoms with Crippen LogP contribution < -0.4 is 5.32 Å². The lowest BCUT2D eigenvalue weighted by atomic mass is 9.84. The Kier molecular flexibility index (Phi) is 6.82. The lowest BCUT2D eigenvalue weighted by molar-refractivity contribution is 0.0490. The molecule has 1 rings (SSSR count). The van der Waals surface area contributed by atoms with Crippen LogP contribution in [0.1, 0.15) is 73.6 Å². The summed E-state index contributed by atoms with van der Waals surface area (Å²) in [5.41, 5.74) is 0.361. The fourth-order valence-corrected chi connectivity index (χ4v) is 3.22. The zero-order valence-electron chi connectivity index (χ0n) is 14.1. The predicted octanol–water partition coefficient (Wildman–Crippen LogP) is 4.05. The van der Waals surface area contributed by atoms with Gasteiger partial charge >= 0.3 is 0 Å². The highest BCUT2D eigenvalue weighted by molar-refractivity contribution is 4.92. The number of nitrogens with zero attached hydrogens (tertiary/aromatic N) is 1. The van der Waals surface area contributed by atoms with Crippen molar-refractivity contribution in [3.63, 3.8) is 0 Å². The largest absolute Gasteiger partial charge is 0.311 e. The summed E-state index contributed by atoms with van der Waals surface area (Å²) in [4.78, 5) is 2.80. The van der Waals surface area contributed by atoms with Gasteiger partial charge in [-0.1, -0.05) is 53.9 Å². The van der Waals surface area contributed by atoms with Gasteiger partial charge in [-0.3, -0.25) is 4.90 Å². The molecule has 0 saturated carbocycles. The smallest absolute Gasteiger partial charge is 0.0244 e. The minimum Gasteiger partial charge on any atom is -0.311 e. The highest BCUT2D eigenvalue weighted by atomic mass is 15.3. The predicted molar refractivity (Wildman–Crippen MR) is 85.6 cm³/mol. The zero-order chi connectivity index (χ0) is 14.5. The summed E-state index contributed by atoms with van der Waals surface area (Å²) in [5, 5.41) is 3.75. The monoisotopic (exact) mass is 268 g/mol. The molecule has 1 fully saturated rings. The van der Waals surface area contributed by atoms with Gasteiger partial charge in [0, 0.05) is 31.2 Å². The molecule has 2 heteroatoms. The van der Waals surface area contributed by atoms with Crippen LogP contribution in [0, 0.1) is 5.41 Å². The van der Waals surface area contributed by atoms with Gasteiger partial charge in [0.1, 0.15) is 0 Å². The number of nitrogens with one attached hydrogen (secondary N) is 1. The molecular weight excluding hydrogens is 232 g/mol. The van der Waals surface area contributed by atoms with Crippen molar-refractivity contribution < 1.29 is 0 Å². The molecule has 0 aliphatic carbocycles. The number of unbranched alkanes of at least 4 members (excludes halogenated alkanes) is 1. The quantitative estimate of drug-likeness (QED) is 0.781. The minimum atomic E-state index is 0.361. The van der Waals surface area contributed by atoms with Crippen LogP contribution >= 0.6 is 0 Å². The molecule has 1 heterocycles. The van der Waals surface area contributed by atoms with E-state index in [1.54, 1.807) is 0 Å². The molecule has 114 valence electrons. The van der Waals surface area contributed by atoms with Crippen molar-refractivity contribution in [2.75, 3.05) is 13.1 Å². The van der Waals surface area contributed by atoms with E-state index in [2.05, 4.69) is 51.8 Å². The topological polar surface area (TPSA) is 15.3 Å². The summed E-state index contributed by atoms with van der Waals surface area (Å²) in [6.45, 7) is 16.5. The van der Waals surface area contributed by atoms with E-state index in [1.807, 2.05) is 0 Å². The van der Waals surface area contributed by atoms with Crippen LogP contribution in [0.25, 0.3) is 0 Å². The van der Waals surface area contributed by atoms with Crippen LogP contribution in [0.2, 0.25) is 0 Å². The van der Waals surface area contributed by atoms with Gasteiger partial charge in [0.2, 0.25) is 0 Å². The highest BCUT2D eigenvalue weighted by Crippen LogP contribution is 2.27. The van der Waals surface area contributed by atoms with Crippen molar-refractivity contribution in [1.29, 1.82) is 0 Å². The minimum absolute atomic E-state index is 0.361. The molecule has 19 heavy (non-hydrogen) atoms. The Morgan fingerprint density at radius 2 is 1.84 bits per heavy atom. The van der Waals surface area contributed by atoms with E-state index >= 15 is 0 Å². The maximum atomic E-state index is 3.75. The van der Waals surface area contributed by atoms with Crippen LogP contribution in [-0.2, 0) is 0 Å². The van der Waals surface area contributed by atoms with Crippen molar-refractivity contribution in [3.05, 3.63) is 0 Å². The summed E-state index contributed by atoms with van der Waals surface area (Å²) in [7, 11) is 0. The van der Waals surface area contributed by atoms with Crippen LogP contribution in [0.15, 0.2) is 0 Å². The maximum absolute atomic E-state index is 3.75. The summed E-state index contributed by atoms with van der Waals surface area (Å²) < 4.78 is 0. The van der Waals surface area contributed by atoms with Crippen molar-refractivity contribution >= 4 is 0 Å². The maximum Gasteiger partial charge on any atom is 0.0244 e. The Bertz CT molecular complexity index is 244. The van der Waals surface area contributed by atoms with Gasteiger partial charge in [-0.2, -0.15) is 0 Å². The highest BCUT2D eigenvalue weighted by Gasteiger charge is 2.34. The van der Waals surface area contributed by atoms with E-state index in [0.717, 1.165) is 12.6 Å². The lowest BCUT2D eigenvalue weighted by Crippen LogP contribution is -2.61. The van der Waals surface area contributed by atoms with E-state index in [-0.39, 0.29) is 0 Å². The van der Waals surface area contributed by atoms with E-state index < -0.39 is 0 Å². The third kappa shape index (κ3) is 5.07. The Morgan fingerprint density at radius 1 is 1.16 bits per heavy atom. The van der Waals surface area contributed by atoms with Crippen molar-refractivity contribution in [2.24, 2.45) is 5.41 Å². The van der Waals surface area contributed by atoms with Crippen molar-refractivity contribution in [1.82, 2.24) is 10.2 Å². The van der Waals surface area contributed by atoms with Crippen molar-refractivity contribution in [2.45, 2.75) is 91.8 Å². The molecule has 0 aromatic heterocycles. The van der Waals surface area contributed by atoms with E-state index in [0.29, 0.717) is 17.5 Å². The molecule has 0 amide bonds. The SMILES string of the molecule is CCCCC(CCC)N1CC(C(C)(C)C)NCC1C. The zero-order valence-corrected chi connectivity index (χ0v) is 14.1. The second-order valence-corrected chi connectivity index (χ2v) is 7.46. The number of rotatable bonds is 6. The number of hydrogen-bond donors (Lipinski definition) is 1. The molecule has 1 aliphatic rings. The molecule has 0 bridgehead atoms. The second-order valence-electron chi connectivity index (χ2n) is 7.46. The molecular formula is C17H36N2. The van der Waals surface area contributed by atoms with E-state index in [4.69, 9.17) is 0 Å². The van der Waals surface area contributed by atoms with Gasteiger partial charge in [0.15, 0.2) is 0 Å². The Labute approximate surface area is 121 Å². The normalized spacial score (nSPS) is 27.5. The molecule has 3 atom stereocenters. The van der Waals surface area contributed by atoms with Crippen LogP contribution in [0.4, 0.5) is 0 Å². The number of piperazine rings is 1. The first-order valence-corrected chi connectivity index (χ1v) is 8.39. The average molecular weight is 268 g/mol. The second kappa shape index (κ2) is 7.64. The van der Waals surface area contributed by atoms with E-state index in [9.17, 15) is 0 Å². The molecule has 0 radical (unpaired) electrons. The first-order chi connectivity index (χ1) is 8.90. The Hall–Kier alpha value is -0.0800. The fourth-order valence-electron chi connectivity index (χ4n) is 3.22. The van der Waals surface area contributed by atoms with Gasteiger partial charge < -0.3 is 5.32 Å². The fraction of sp³-hybridized carbons (Fsp3) is 1.00. The molecule has 2 nitrogen and oxygen atoms in total. The van der Waals surface area contributed by atoms with Gasteiger partial charge in [-0.05, 0) is 25.2 Å². The van der Waals surface area contributed by atoms with Gasteiger partial charge in [0.05, 0.1) is 0 Å². The summed E-state index contributed by atoms with van der Waals surface area (Å²) in [6, 6.07) is 2.11. The Balaban J connectivity index is 2.68. The number of hydrogen-bond acceptors (Lipinski definition) is 2. The molecule has 3 unspecified atom stereocenters. The van der Waals surface area contributed by atoms with Crippen molar-refractivity contribution in [3.8, 4) is 0 Å². The van der Waals surface area contributed by atoms with E-state index in [1.165, 1.54) is 38.6 Å². The van der Waals surface area contributed by atoms with Gasteiger partial charge in [0.25, 0.3) is 0 Å². The van der Waals surface area contributed by atoms with Crippen LogP contribution in [0.5, 0.6) is 0 Å². The first-order valence-electron chi connectivity index (χ1n) is 8.39. The molecule has 0 spiro atoms. The Morgan fingerprint density at radius 3 is 2.37 bits per heavy atom. The van der Waals surface area contributed by atoms with Gasteiger partial charge in [-0.15, -0.1) is 0 Å². The molecule has 0 aromatic rings. The third-order valence-electron chi connectivity index (χ3n) is 4.65. The first kappa shape index (κ1) is 17.0. The summed E-state index contributed by atoms with van der Waals surface area (Å²) in [5.74, 6) is 0. The molecule has 1 aliphatic heterocycles. The molecule has 1 saturated heterocycles. The average Bonchev–Trinajstić information content (AvgIpc) is 2.34. The molecule has 0 aromatic carbocycles. The standard InChI is InChI=1S/C17H36N2/c1-7-9-11-15(10-8-2)19-13-16(17(4,5)6)18-12-14(19)3/h14-16,18H,7-13H2,1-6H3. The molecule has 1 N–H and O–H groups in total. The van der Waals surface area contributed by atoms with Crippen LogP contribution in [-0.4, -0.2) is 36.1 Å². The summed E-state index contributed by atoms with van der Waals surface area (Å²) in [6.07, 6.45) is 6.75. The van der Waals surface area contributed by atoms with Crippen LogP contribution in [0.3, 0.4) is 0 Å².